The van der Waals surface area contributed by atoms with Crippen molar-refractivity contribution in [2.24, 2.45) is 0 Å². The fourth-order valence-corrected chi connectivity index (χ4v) is 4.09. The number of nitrogens with zero attached hydrogens (tertiary/aromatic N) is 3. The normalized spacial score (nSPS) is 10.5. The summed E-state index contributed by atoms with van der Waals surface area (Å²) >= 11 is 1.25. The number of nitrogens with one attached hydrogen (secondary N) is 2. The van der Waals surface area contributed by atoms with Gasteiger partial charge in [0.1, 0.15) is 11.6 Å². The van der Waals surface area contributed by atoms with Crippen molar-refractivity contribution in [2.45, 2.75) is 38.4 Å². The molecule has 0 aliphatic rings. The average molecular weight is 480 g/mol. The molecule has 0 atom stereocenters. The first kappa shape index (κ1) is 25.0. The standard InChI is InChI=1S/C25H29N5O3S/c1-4-15-30-22(16-23(31)26-19-12-8-7-11-18(19)5-2)28-29-25(30)34-17-24(32)27-20-13-9-10-14-21(20)33-6-3/h4,7-14H,1,5-6,15-17H2,2-3H3,(H,26,31)(H,27,32). The Balaban J connectivity index is 1.64. The van der Waals surface area contributed by atoms with Gasteiger partial charge in [0.15, 0.2) is 5.16 Å². The number of rotatable bonds is 12. The lowest BCUT2D eigenvalue weighted by molar-refractivity contribution is -0.116. The molecule has 3 rings (SSSR count). The molecular formula is C25H29N5O3S. The van der Waals surface area contributed by atoms with Crippen LogP contribution in [-0.2, 0) is 29.0 Å². The molecule has 178 valence electrons. The third-order valence-corrected chi connectivity index (χ3v) is 5.86. The van der Waals surface area contributed by atoms with Crippen LogP contribution in [0.25, 0.3) is 0 Å². The number of carbonyl (C=O) groups is 2. The van der Waals surface area contributed by atoms with E-state index in [1.54, 1.807) is 16.7 Å². The Hall–Kier alpha value is -3.59. The Labute approximate surface area is 203 Å². The lowest BCUT2D eigenvalue weighted by atomic mass is 10.1. The molecule has 0 bridgehead atoms. The van der Waals surface area contributed by atoms with Crippen LogP contribution in [0.3, 0.4) is 0 Å². The maximum Gasteiger partial charge on any atom is 0.234 e. The van der Waals surface area contributed by atoms with Gasteiger partial charge >= 0.3 is 0 Å². The van der Waals surface area contributed by atoms with Crippen molar-refractivity contribution in [1.29, 1.82) is 0 Å². The molecule has 0 spiro atoms. The number of para-hydroxylation sites is 3. The van der Waals surface area contributed by atoms with Crippen molar-refractivity contribution >= 4 is 35.0 Å². The first-order valence-corrected chi connectivity index (χ1v) is 12.1. The van der Waals surface area contributed by atoms with Crippen LogP contribution in [0.15, 0.2) is 66.3 Å². The van der Waals surface area contributed by atoms with Crippen molar-refractivity contribution in [2.75, 3.05) is 23.0 Å². The number of hydrogen-bond donors (Lipinski definition) is 2. The predicted molar refractivity (Wildman–Crippen MR) is 135 cm³/mol. The van der Waals surface area contributed by atoms with Crippen LogP contribution in [-0.4, -0.2) is 38.9 Å². The van der Waals surface area contributed by atoms with E-state index in [-0.39, 0.29) is 24.0 Å². The van der Waals surface area contributed by atoms with Crippen molar-refractivity contribution in [1.82, 2.24) is 14.8 Å². The number of aryl methyl sites for hydroxylation is 1. The van der Waals surface area contributed by atoms with Gasteiger partial charge in [-0.1, -0.05) is 55.1 Å². The van der Waals surface area contributed by atoms with Crippen LogP contribution in [0.5, 0.6) is 5.75 Å². The number of benzene rings is 2. The molecule has 34 heavy (non-hydrogen) atoms. The highest BCUT2D eigenvalue weighted by Gasteiger charge is 2.17. The summed E-state index contributed by atoms with van der Waals surface area (Å²) in [5.74, 6) is 0.888. The van der Waals surface area contributed by atoms with E-state index < -0.39 is 0 Å². The summed E-state index contributed by atoms with van der Waals surface area (Å²) in [5, 5.41) is 14.8. The minimum atomic E-state index is -0.194. The molecule has 1 aromatic heterocycles. The molecule has 0 saturated carbocycles. The molecule has 0 saturated heterocycles. The van der Waals surface area contributed by atoms with Crippen molar-refractivity contribution in [3.05, 3.63) is 72.6 Å². The fourth-order valence-electron chi connectivity index (χ4n) is 3.33. The number of aromatic nitrogens is 3. The molecule has 2 amide bonds. The first-order chi connectivity index (χ1) is 16.5. The largest absolute Gasteiger partial charge is 0.492 e. The lowest BCUT2D eigenvalue weighted by Gasteiger charge is -2.12. The molecule has 0 aliphatic carbocycles. The van der Waals surface area contributed by atoms with E-state index in [9.17, 15) is 9.59 Å². The third kappa shape index (κ3) is 6.71. The van der Waals surface area contributed by atoms with Gasteiger partial charge < -0.3 is 19.9 Å². The van der Waals surface area contributed by atoms with Crippen molar-refractivity contribution in [3.63, 3.8) is 0 Å². The highest BCUT2D eigenvalue weighted by atomic mass is 32.2. The van der Waals surface area contributed by atoms with E-state index >= 15 is 0 Å². The highest BCUT2D eigenvalue weighted by molar-refractivity contribution is 7.99. The van der Waals surface area contributed by atoms with E-state index in [4.69, 9.17) is 4.74 Å². The molecular weight excluding hydrogens is 450 g/mol. The minimum Gasteiger partial charge on any atom is -0.492 e. The molecule has 8 nitrogen and oxygen atoms in total. The number of thioether (sulfide) groups is 1. The van der Waals surface area contributed by atoms with E-state index in [2.05, 4.69) is 27.4 Å². The van der Waals surface area contributed by atoms with Crippen LogP contribution in [0.4, 0.5) is 11.4 Å². The van der Waals surface area contributed by atoms with Gasteiger partial charge in [-0.15, -0.1) is 16.8 Å². The van der Waals surface area contributed by atoms with Gasteiger partial charge in [0, 0.05) is 12.2 Å². The summed E-state index contributed by atoms with van der Waals surface area (Å²) in [7, 11) is 0. The van der Waals surface area contributed by atoms with Crippen LogP contribution in [0, 0.1) is 0 Å². The highest BCUT2D eigenvalue weighted by Crippen LogP contribution is 2.25. The number of allylic oxidation sites excluding steroid dienone is 1. The Morgan fingerprint density at radius 3 is 2.47 bits per heavy atom. The summed E-state index contributed by atoms with van der Waals surface area (Å²) < 4.78 is 7.35. The fraction of sp³-hybridized carbons (Fsp3) is 0.280. The molecule has 1 heterocycles. The van der Waals surface area contributed by atoms with Crippen LogP contribution < -0.4 is 15.4 Å². The van der Waals surface area contributed by atoms with E-state index in [0.29, 0.717) is 35.6 Å². The van der Waals surface area contributed by atoms with Crippen LogP contribution in [0.1, 0.15) is 25.2 Å². The SMILES string of the molecule is C=CCn1c(CC(=O)Nc2ccccc2CC)nnc1SCC(=O)Nc1ccccc1OCC. The van der Waals surface area contributed by atoms with Gasteiger partial charge in [-0.2, -0.15) is 0 Å². The van der Waals surface area contributed by atoms with Gasteiger partial charge in [-0.05, 0) is 37.1 Å². The monoisotopic (exact) mass is 479 g/mol. The maximum atomic E-state index is 12.7. The zero-order valence-corrected chi connectivity index (χ0v) is 20.2. The smallest absolute Gasteiger partial charge is 0.234 e. The summed E-state index contributed by atoms with van der Waals surface area (Å²) in [5.41, 5.74) is 2.48. The molecule has 0 unspecified atom stereocenters. The topological polar surface area (TPSA) is 98.1 Å². The zero-order valence-electron chi connectivity index (χ0n) is 19.4. The minimum absolute atomic E-state index is 0.0629. The van der Waals surface area contributed by atoms with E-state index in [1.165, 1.54) is 11.8 Å². The van der Waals surface area contributed by atoms with Crippen LogP contribution >= 0.6 is 11.8 Å². The molecule has 2 N–H and O–H groups in total. The number of hydrogen-bond acceptors (Lipinski definition) is 6. The first-order valence-electron chi connectivity index (χ1n) is 11.1. The Bertz CT molecular complexity index is 1150. The van der Waals surface area contributed by atoms with Gasteiger partial charge in [-0.3, -0.25) is 9.59 Å². The zero-order chi connectivity index (χ0) is 24.3. The van der Waals surface area contributed by atoms with Crippen molar-refractivity contribution < 1.29 is 14.3 Å². The molecule has 3 aromatic rings. The summed E-state index contributed by atoms with van der Waals surface area (Å²) in [4.78, 5) is 25.2. The van der Waals surface area contributed by atoms with Gasteiger partial charge in [0.2, 0.25) is 11.8 Å². The Morgan fingerprint density at radius 1 is 1.03 bits per heavy atom. The summed E-state index contributed by atoms with van der Waals surface area (Å²) in [6, 6.07) is 15.0. The number of ether oxygens (including phenoxy) is 1. The number of anilines is 2. The number of carbonyl (C=O) groups excluding carboxylic acids is 2. The quantitative estimate of drug-likeness (QED) is 0.296. The molecule has 0 fully saturated rings. The van der Waals surface area contributed by atoms with Gasteiger partial charge in [0.25, 0.3) is 0 Å². The summed E-state index contributed by atoms with van der Waals surface area (Å²) in [6.45, 7) is 8.65. The van der Waals surface area contributed by atoms with Gasteiger partial charge in [-0.25, -0.2) is 0 Å². The summed E-state index contributed by atoms with van der Waals surface area (Å²) in [6.07, 6.45) is 2.59. The van der Waals surface area contributed by atoms with E-state index in [1.807, 2.05) is 56.3 Å². The Kier molecular flexibility index (Phi) is 9.28. The molecule has 9 heteroatoms. The molecule has 0 aliphatic heterocycles. The second-order valence-corrected chi connectivity index (χ2v) is 8.24. The predicted octanol–water partition coefficient (Wildman–Crippen LogP) is 4.34. The average Bonchev–Trinajstić information content (AvgIpc) is 3.20. The third-order valence-electron chi connectivity index (χ3n) is 4.89. The Morgan fingerprint density at radius 2 is 1.74 bits per heavy atom. The van der Waals surface area contributed by atoms with Crippen molar-refractivity contribution in [3.8, 4) is 5.75 Å². The van der Waals surface area contributed by atoms with Crippen LogP contribution in [0.2, 0.25) is 0 Å². The van der Waals surface area contributed by atoms with E-state index in [0.717, 1.165) is 17.7 Å². The second-order valence-electron chi connectivity index (χ2n) is 7.30. The number of amides is 2. The lowest BCUT2D eigenvalue weighted by Crippen LogP contribution is -2.19. The second kappa shape index (κ2) is 12.6. The van der Waals surface area contributed by atoms with Gasteiger partial charge in [0.05, 0.1) is 24.5 Å². The molecule has 0 radical (unpaired) electrons. The molecule has 2 aromatic carbocycles. The maximum absolute atomic E-state index is 12.7.